The monoisotopic (exact) mass is 227 g/mol. The molecular weight excluding hydrogens is 206 g/mol. The van der Waals surface area contributed by atoms with Gasteiger partial charge in [-0.25, -0.2) is 0 Å². The first kappa shape index (κ1) is 11.9. The Labute approximate surface area is 96.4 Å². The van der Waals surface area contributed by atoms with Crippen molar-refractivity contribution in [3.05, 3.63) is 0 Å². The van der Waals surface area contributed by atoms with Gasteiger partial charge in [0.15, 0.2) is 0 Å². The summed E-state index contributed by atoms with van der Waals surface area (Å²) in [4.78, 5) is 10.8. The Balaban J connectivity index is 1.63. The molecule has 2 fully saturated rings. The number of rotatable bonds is 4. The predicted molar refractivity (Wildman–Crippen MR) is 60.3 cm³/mol. The Hall–Kier alpha value is -0.610. The first-order valence-corrected chi connectivity index (χ1v) is 6.29. The van der Waals surface area contributed by atoms with Crippen LogP contribution in [-0.4, -0.2) is 36.9 Å². The zero-order valence-corrected chi connectivity index (χ0v) is 9.65. The number of carboxylic acids is 1. The molecular formula is C12H21NO3. The average molecular weight is 227 g/mol. The third-order valence-electron chi connectivity index (χ3n) is 3.80. The van der Waals surface area contributed by atoms with Gasteiger partial charge in [0.25, 0.3) is 0 Å². The standard InChI is InChI=1S/C12H21NO3/c14-12(15)10-1-3-11(4-2-10)13-7-9-5-6-16-8-9/h9-11,13H,1-8H2,(H,14,15). The maximum atomic E-state index is 10.8. The highest BCUT2D eigenvalue weighted by Crippen LogP contribution is 2.24. The van der Waals surface area contributed by atoms with Crippen LogP contribution < -0.4 is 5.32 Å². The summed E-state index contributed by atoms with van der Waals surface area (Å²) in [6.45, 7) is 2.82. The Morgan fingerprint density at radius 3 is 2.56 bits per heavy atom. The SMILES string of the molecule is O=C(O)C1CCC(NCC2CCOC2)CC1. The molecule has 0 radical (unpaired) electrons. The first-order valence-electron chi connectivity index (χ1n) is 6.29. The normalized spacial score (nSPS) is 35.1. The zero-order chi connectivity index (χ0) is 11.4. The minimum atomic E-state index is -0.623. The summed E-state index contributed by atoms with van der Waals surface area (Å²) >= 11 is 0. The Bertz CT molecular complexity index is 230. The van der Waals surface area contributed by atoms with Gasteiger partial charge < -0.3 is 15.2 Å². The van der Waals surface area contributed by atoms with Crippen molar-refractivity contribution < 1.29 is 14.6 Å². The second-order valence-electron chi connectivity index (χ2n) is 5.02. The fourth-order valence-corrected chi connectivity index (χ4v) is 2.62. The summed E-state index contributed by atoms with van der Waals surface area (Å²) in [5, 5.41) is 12.4. The molecule has 2 aliphatic rings. The van der Waals surface area contributed by atoms with Gasteiger partial charge in [0.1, 0.15) is 0 Å². The summed E-state index contributed by atoms with van der Waals surface area (Å²) in [6.07, 6.45) is 4.83. The van der Waals surface area contributed by atoms with Gasteiger partial charge in [-0.15, -0.1) is 0 Å². The quantitative estimate of drug-likeness (QED) is 0.759. The van der Waals surface area contributed by atoms with E-state index in [1.54, 1.807) is 0 Å². The molecule has 4 heteroatoms. The van der Waals surface area contributed by atoms with Crippen LogP contribution in [0.2, 0.25) is 0 Å². The lowest BCUT2D eigenvalue weighted by Gasteiger charge is -2.27. The Kier molecular flexibility index (Phi) is 4.18. The van der Waals surface area contributed by atoms with Crippen LogP contribution in [0.4, 0.5) is 0 Å². The fourth-order valence-electron chi connectivity index (χ4n) is 2.62. The van der Waals surface area contributed by atoms with Crippen molar-refractivity contribution in [3.63, 3.8) is 0 Å². The molecule has 0 aromatic rings. The van der Waals surface area contributed by atoms with Gasteiger partial charge in [0.05, 0.1) is 12.5 Å². The predicted octanol–water partition coefficient (Wildman–Crippen LogP) is 1.26. The minimum absolute atomic E-state index is 0.104. The van der Waals surface area contributed by atoms with Crippen LogP contribution in [0.5, 0.6) is 0 Å². The van der Waals surface area contributed by atoms with Gasteiger partial charge in [-0.3, -0.25) is 4.79 Å². The van der Waals surface area contributed by atoms with Crippen molar-refractivity contribution >= 4 is 5.97 Å². The number of aliphatic carboxylic acids is 1. The summed E-state index contributed by atoms with van der Waals surface area (Å²) in [5.41, 5.74) is 0. The maximum absolute atomic E-state index is 10.8. The number of carbonyl (C=O) groups is 1. The van der Waals surface area contributed by atoms with E-state index >= 15 is 0 Å². The lowest BCUT2D eigenvalue weighted by atomic mass is 9.86. The van der Waals surface area contributed by atoms with Crippen LogP contribution in [0.25, 0.3) is 0 Å². The largest absolute Gasteiger partial charge is 0.481 e. The molecule has 0 bridgehead atoms. The lowest BCUT2D eigenvalue weighted by Crippen LogP contribution is -2.37. The number of carboxylic acid groups (broad SMARTS) is 1. The molecule has 0 aromatic heterocycles. The van der Waals surface area contributed by atoms with Gasteiger partial charge >= 0.3 is 5.97 Å². The molecule has 0 spiro atoms. The maximum Gasteiger partial charge on any atom is 0.306 e. The molecule has 1 aliphatic heterocycles. The summed E-state index contributed by atoms with van der Waals surface area (Å²) < 4.78 is 5.33. The van der Waals surface area contributed by atoms with Crippen molar-refractivity contribution in [1.82, 2.24) is 5.32 Å². The Morgan fingerprint density at radius 1 is 1.25 bits per heavy atom. The van der Waals surface area contributed by atoms with E-state index in [1.807, 2.05) is 0 Å². The van der Waals surface area contributed by atoms with Crippen molar-refractivity contribution in [2.45, 2.75) is 38.1 Å². The van der Waals surface area contributed by atoms with E-state index in [1.165, 1.54) is 0 Å². The van der Waals surface area contributed by atoms with Gasteiger partial charge in [0, 0.05) is 19.2 Å². The number of hydrogen-bond acceptors (Lipinski definition) is 3. The third kappa shape index (κ3) is 3.19. The van der Waals surface area contributed by atoms with Crippen molar-refractivity contribution in [2.24, 2.45) is 11.8 Å². The molecule has 0 amide bonds. The van der Waals surface area contributed by atoms with Gasteiger partial charge in [-0.05, 0) is 38.0 Å². The highest BCUT2D eigenvalue weighted by atomic mass is 16.5. The average Bonchev–Trinajstić information content (AvgIpc) is 2.80. The van der Waals surface area contributed by atoms with Crippen LogP contribution in [0, 0.1) is 11.8 Å². The molecule has 1 atom stereocenters. The van der Waals surface area contributed by atoms with Crippen molar-refractivity contribution in [2.75, 3.05) is 19.8 Å². The van der Waals surface area contributed by atoms with Crippen LogP contribution in [0.1, 0.15) is 32.1 Å². The highest BCUT2D eigenvalue weighted by Gasteiger charge is 2.26. The van der Waals surface area contributed by atoms with Crippen molar-refractivity contribution in [3.8, 4) is 0 Å². The van der Waals surface area contributed by atoms with Gasteiger partial charge in [-0.2, -0.15) is 0 Å². The molecule has 1 saturated heterocycles. The van der Waals surface area contributed by atoms with Gasteiger partial charge in [0.2, 0.25) is 0 Å². The van der Waals surface area contributed by atoms with Crippen LogP contribution in [0.3, 0.4) is 0 Å². The second kappa shape index (κ2) is 5.64. The smallest absolute Gasteiger partial charge is 0.306 e. The lowest BCUT2D eigenvalue weighted by molar-refractivity contribution is -0.142. The molecule has 92 valence electrons. The topological polar surface area (TPSA) is 58.6 Å². The first-order chi connectivity index (χ1) is 7.75. The number of nitrogens with one attached hydrogen (secondary N) is 1. The summed E-state index contributed by atoms with van der Waals surface area (Å²) in [6, 6.07) is 0.524. The minimum Gasteiger partial charge on any atom is -0.481 e. The van der Waals surface area contributed by atoms with Gasteiger partial charge in [-0.1, -0.05) is 0 Å². The van der Waals surface area contributed by atoms with Crippen LogP contribution >= 0.6 is 0 Å². The van der Waals surface area contributed by atoms with Crippen LogP contribution in [-0.2, 0) is 9.53 Å². The molecule has 1 saturated carbocycles. The van der Waals surface area contributed by atoms with E-state index in [-0.39, 0.29) is 5.92 Å². The van der Waals surface area contributed by atoms with Crippen molar-refractivity contribution in [1.29, 1.82) is 0 Å². The molecule has 2 N–H and O–H groups in total. The second-order valence-corrected chi connectivity index (χ2v) is 5.02. The number of hydrogen-bond donors (Lipinski definition) is 2. The molecule has 4 nitrogen and oxygen atoms in total. The van der Waals surface area contributed by atoms with Crippen LogP contribution in [0.15, 0.2) is 0 Å². The molecule has 1 unspecified atom stereocenters. The van der Waals surface area contributed by atoms with E-state index in [0.717, 1.165) is 51.9 Å². The number of ether oxygens (including phenoxy) is 1. The fraction of sp³-hybridized carbons (Fsp3) is 0.917. The van der Waals surface area contributed by atoms with E-state index < -0.39 is 5.97 Å². The zero-order valence-electron chi connectivity index (χ0n) is 9.65. The van der Waals surface area contributed by atoms with E-state index in [0.29, 0.717) is 12.0 Å². The summed E-state index contributed by atoms with van der Waals surface area (Å²) in [5.74, 6) is -0.0623. The molecule has 0 aromatic carbocycles. The molecule has 2 rings (SSSR count). The molecule has 16 heavy (non-hydrogen) atoms. The van der Waals surface area contributed by atoms with E-state index in [9.17, 15) is 4.79 Å². The van der Waals surface area contributed by atoms with E-state index in [2.05, 4.69) is 5.32 Å². The summed E-state index contributed by atoms with van der Waals surface area (Å²) in [7, 11) is 0. The molecule has 1 aliphatic carbocycles. The third-order valence-corrected chi connectivity index (χ3v) is 3.80. The highest BCUT2D eigenvalue weighted by molar-refractivity contribution is 5.70. The van der Waals surface area contributed by atoms with E-state index in [4.69, 9.17) is 9.84 Å². The molecule has 1 heterocycles. The Morgan fingerprint density at radius 2 is 2.00 bits per heavy atom.